The van der Waals surface area contributed by atoms with Crippen LogP contribution in [0.1, 0.15) is 12.8 Å². The number of nitrogens with one attached hydrogen (secondary N) is 1. The third-order valence-electron chi connectivity index (χ3n) is 1.23. The Kier molecular flexibility index (Phi) is 3.39. The first-order chi connectivity index (χ1) is 6.18. The molecule has 1 amide bonds. The number of carbonyl (C=O) groups is 2. The predicted octanol–water partition coefficient (Wildman–Crippen LogP) is -0.388. The molecule has 1 rings (SSSR count). The number of carboxylic acid groups (broad SMARTS) is 1. The molecular weight excluding hydrogens is 192 g/mol. The van der Waals surface area contributed by atoms with Gasteiger partial charge in [0.25, 0.3) is 0 Å². The number of aromatic nitrogens is 1. The molecule has 0 bridgehead atoms. The average Bonchev–Trinajstić information content (AvgIpc) is 2.53. The zero-order chi connectivity index (χ0) is 9.68. The molecule has 1 aromatic rings. The van der Waals surface area contributed by atoms with E-state index in [0.29, 0.717) is 5.13 Å². The highest BCUT2D eigenvalue weighted by atomic mass is 32.1. The summed E-state index contributed by atoms with van der Waals surface area (Å²) in [6.45, 7) is 0. The lowest BCUT2D eigenvalue weighted by Gasteiger charge is -2.01. The molecule has 13 heavy (non-hydrogen) atoms. The van der Waals surface area contributed by atoms with Crippen LogP contribution in [0, 0.1) is 0 Å². The van der Waals surface area contributed by atoms with Gasteiger partial charge in [-0.1, -0.05) is 0 Å². The smallest absolute Gasteiger partial charge is 0.226 e. The molecule has 70 valence electrons. The van der Waals surface area contributed by atoms with Gasteiger partial charge < -0.3 is 15.2 Å². The lowest BCUT2D eigenvalue weighted by molar-refractivity contribution is -0.305. The van der Waals surface area contributed by atoms with Crippen molar-refractivity contribution in [1.82, 2.24) is 4.98 Å². The lowest BCUT2D eigenvalue weighted by Crippen LogP contribution is -2.24. The summed E-state index contributed by atoms with van der Waals surface area (Å²) >= 11 is 1.28. The monoisotopic (exact) mass is 199 g/mol. The number of carboxylic acids is 1. The zero-order valence-corrected chi connectivity index (χ0v) is 7.47. The number of nitrogens with zero attached hydrogens (tertiary/aromatic N) is 1. The van der Waals surface area contributed by atoms with Crippen LogP contribution in [0.3, 0.4) is 0 Å². The standard InChI is InChI=1S/C7H8N2O3S/c10-5(1-2-6(11)12)9-7-8-3-4-13-7/h3-4H,1-2H2,(H,11,12)(H,8,9,10)/p-1. The van der Waals surface area contributed by atoms with E-state index in [2.05, 4.69) is 10.3 Å². The SMILES string of the molecule is O=C([O-])CCC(=O)Nc1nccs1. The van der Waals surface area contributed by atoms with E-state index < -0.39 is 5.97 Å². The third-order valence-corrected chi connectivity index (χ3v) is 1.92. The molecule has 0 unspecified atom stereocenters. The Labute approximate surface area is 78.4 Å². The van der Waals surface area contributed by atoms with Crippen LogP contribution in [0.5, 0.6) is 0 Å². The van der Waals surface area contributed by atoms with Crippen molar-refractivity contribution in [3.63, 3.8) is 0 Å². The fourth-order valence-corrected chi connectivity index (χ4v) is 1.23. The topological polar surface area (TPSA) is 82.1 Å². The largest absolute Gasteiger partial charge is 0.550 e. The minimum atomic E-state index is -1.23. The number of anilines is 1. The van der Waals surface area contributed by atoms with Crippen molar-refractivity contribution in [2.45, 2.75) is 12.8 Å². The molecular formula is C7H7N2O3S-. The first kappa shape index (κ1) is 9.66. The van der Waals surface area contributed by atoms with E-state index in [1.54, 1.807) is 11.6 Å². The van der Waals surface area contributed by atoms with Gasteiger partial charge in [0.1, 0.15) is 0 Å². The summed E-state index contributed by atoms with van der Waals surface area (Å²) in [4.78, 5) is 24.8. The number of hydrogen-bond donors (Lipinski definition) is 1. The van der Waals surface area contributed by atoms with Crippen LogP contribution in [-0.4, -0.2) is 16.9 Å². The van der Waals surface area contributed by atoms with E-state index >= 15 is 0 Å². The molecule has 0 aliphatic heterocycles. The molecule has 0 aliphatic rings. The quantitative estimate of drug-likeness (QED) is 0.716. The summed E-state index contributed by atoms with van der Waals surface area (Å²) in [6.07, 6.45) is 1.21. The fraction of sp³-hybridized carbons (Fsp3) is 0.286. The average molecular weight is 199 g/mol. The molecule has 0 saturated heterocycles. The van der Waals surface area contributed by atoms with Gasteiger partial charge in [-0.25, -0.2) is 4.98 Å². The number of thiazole rings is 1. The maximum atomic E-state index is 11.0. The summed E-state index contributed by atoms with van der Waals surface area (Å²) in [5.74, 6) is -1.59. The van der Waals surface area contributed by atoms with Crippen molar-refractivity contribution in [1.29, 1.82) is 0 Å². The number of rotatable bonds is 4. The van der Waals surface area contributed by atoms with E-state index in [9.17, 15) is 14.7 Å². The van der Waals surface area contributed by atoms with Crippen molar-refractivity contribution in [3.05, 3.63) is 11.6 Å². The predicted molar refractivity (Wildman–Crippen MR) is 45.0 cm³/mol. The van der Waals surface area contributed by atoms with Crippen molar-refractivity contribution < 1.29 is 14.7 Å². The molecule has 0 saturated carbocycles. The van der Waals surface area contributed by atoms with Crippen molar-refractivity contribution in [2.75, 3.05) is 5.32 Å². The van der Waals surface area contributed by atoms with Gasteiger partial charge in [0.2, 0.25) is 5.91 Å². The first-order valence-corrected chi connectivity index (χ1v) is 4.45. The molecule has 5 nitrogen and oxygen atoms in total. The second kappa shape index (κ2) is 4.56. The lowest BCUT2D eigenvalue weighted by atomic mass is 10.3. The van der Waals surface area contributed by atoms with Gasteiger partial charge >= 0.3 is 0 Å². The minimum Gasteiger partial charge on any atom is -0.550 e. The Morgan fingerprint density at radius 2 is 2.31 bits per heavy atom. The van der Waals surface area contributed by atoms with Crippen molar-refractivity contribution in [3.8, 4) is 0 Å². The van der Waals surface area contributed by atoms with Crippen LogP contribution >= 0.6 is 11.3 Å². The summed E-state index contributed by atoms with van der Waals surface area (Å²) in [7, 11) is 0. The molecule has 1 heterocycles. The summed E-state index contributed by atoms with van der Waals surface area (Å²) in [6, 6.07) is 0. The van der Waals surface area contributed by atoms with Gasteiger partial charge in [-0.3, -0.25) is 4.79 Å². The van der Waals surface area contributed by atoms with Crippen LogP contribution in [0.4, 0.5) is 5.13 Å². The maximum absolute atomic E-state index is 11.0. The normalized spacial score (nSPS) is 9.54. The Balaban J connectivity index is 2.30. The van der Waals surface area contributed by atoms with Crippen LogP contribution < -0.4 is 10.4 Å². The molecule has 1 aromatic heterocycles. The summed E-state index contributed by atoms with van der Waals surface area (Å²) in [5.41, 5.74) is 0. The summed E-state index contributed by atoms with van der Waals surface area (Å²) < 4.78 is 0. The van der Waals surface area contributed by atoms with E-state index in [1.807, 2.05) is 0 Å². The zero-order valence-electron chi connectivity index (χ0n) is 6.65. The Morgan fingerprint density at radius 3 is 2.85 bits per heavy atom. The fourth-order valence-electron chi connectivity index (χ4n) is 0.683. The Bertz CT molecular complexity index is 297. The molecule has 1 N–H and O–H groups in total. The van der Waals surface area contributed by atoms with Crippen LogP contribution in [0.2, 0.25) is 0 Å². The molecule has 0 spiro atoms. The Morgan fingerprint density at radius 1 is 1.54 bits per heavy atom. The minimum absolute atomic E-state index is 0.0814. The number of hydrogen-bond acceptors (Lipinski definition) is 5. The molecule has 0 radical (unpaired) electrons. The van der Waals surface area contributed by atoms with Gasteiger partial charge in [-0.15, -0.1) is 11.3 Å². The maximum Gasteiger partial charge on any atom is 0.226 e. The van der Waals surface area contributed by atoms with Gasteiger partial charge in [0.05, 0.1) is 0 Å². The van der Waals surface area contributed by atoms with Gasteiger partial charge in [0, 0.05) is 24.0 Å². The van der Waals surface area contributed by atoms with Crippen molar-refractivity contribution >= 4 is 28.3 Å². The second-order valence-electron chi connectivity index (χ2n) is 2.26. The van der Waals surface area contributed by atoms with Gasteiger partial charge in [-0.05, 0) is 6.42 Å². The Hall–Kier alpha value is -1.43. The molecule has 6 heteroatoms. The molecule has 0 atom stereocenters. The highest BCUT2D eigenvalue weighted by Crippen LogP contribution is 2.10. The third kappa shape index (κ3) is 3.66. The first-order valence-electron chi connectivity index (χ1n) is 3.57. The highest BCUT2D eigenvalue weighted by Gasteiger charge is 2.03. The summed E-state index contributed by atoms with van der Waals surface area (Å²) in [5, 5.41) is 14.6. The van der Waals surface area contributed by atoms with Gasteiger partial charge in [-0.2, -0.15) is 0 Å². The highest BCUT2D eigenvalue weighted by molar-refractivity contribution is 7.13. The number of amides is 1. The van der Waals surface area contributed by atoms with Crippen LogP contribution in [0.15, 0.2) is 11.6 Å². The van der Waals surface area contributed by atoms with Crippen molar-refractivity contribution in [2.24, 2.45) is 0 Å². The van der Waals surface area contributed by atoms with E-state index in [0.717, 1.165) is 0 Å². The molecule has 0 aliphatic carbocycles. The van der Waals surface area contributed by atoms with Crippen LogP contribution in [0.25, 0.3) is 0 Å². The van der Waals surface area contributed by atoms with Gasteiger partial charge in [0.15, 0.2) is 5.13 Å². The number of carbonyl (C=O) groups excluding carboxylic acids is 2. The molecule has 0 fully saturated rings. The van der Waals surface area contributed by atoms with E-state index in [1.165, 1.54) is 11.3 Å². The molecule has 0 aromatic carbocycles. The van der Waals surface area contributed by atoms with E-state index in [4.69, 9.17) is 0 Å². The van der Waals surface area contributed by atoms with Crippen LogP contribution in [-0.2, 0) is 9.59 Å². The number of aliphatic carboxylic acids is 1. The second-order valence-corrected chi connectivity index (χ2v) is 3.15. The van der Waals surface area contributed by atoms with E-state index in [-0.39, 0.29) is 18.7 Å².